The van der Waals surface area contributed by atoms with Crippen LogP contribution in [-0.4, -0.2) is 37.7 Å². The Morgan fingerprint density at radius 3 is 2.86 bits per heavy atom. The van der Waals surface area contributed by atoms with E-state index >= 15 is 0 Å². The maximum Gasteiger partial charge on any atom is 0.220 e. The highest BCUT2D eigenvalue weighted by Crippen LogP contribution is 2.32. The largest absolute Gasteiger partial charge is 0.394 e. The molecule has 3 aromatic rings. The number of nitrogens with zero attached hydrogens (tertiary/aromatic N) is 3. The summed E-state index contributed by atoms with van der Waals surface area (Å²) in [4.78, 5) is 15.7. The predicted molar refractivity (Wildman–Crippen MR) is 86.3 cm³/mol. The van der Waals surface area contributed by atoms with Crippen LogP contribution in [0.2, 0.25) is 0 Å². The van der Waals surface area contributed by atoms with Crippen LogP contribution >= 0.6 is 0 Å². The highest BCUT2D eigenvalue weighted by Gasteiger charge is 2.14. The summed E-state index contributed by atoms with van der Waals surface area (Å²) in [5, 5.41) is 13.7. The Morgan fingerprint density at radius 1 is 1.32 bits per heavy atom. The molecule has 0 spiro atoms. The number of aliphatic hydroxyl groups is 1. The van der Waals surface area contributed by atoms with Gasteiger partial charge in [-0.25, -0.2) is 15.0 Å². The van der Waals surface area contributed by atoms with Crippen molar-refractivity contribution in [2.24, 2.45) is 0 Å². The minimum absolute atomic E-state index is 0.0104. The minimum atomic E-state index is -0.0104. The molecule has 7 heteroatoms. The summed E-state index contributed by atoms with van der Waals surface area (Å²) in [7, 11) is 0. The van der Waals surface area contributed by atoms with Gasteiger partial charge in [-0.15, -0.1) is 0 Å². The molecular weight excluding hydrogens is 280 g/mol. The fraction of sp³-hybridized carbons (Fsp3) is 0.267. The quantitative estimate of drug-likeness (QED) is 0.571. The van der Waals surface area contributed by atoms with Crippen LogP contribution in [0.25, 0.3) is 22.3 Å². The highest BCUT2D eigenvalue weighted by atomic mass is 16.3. The molecule has 0 amide bonds. The zero-order valence-corrected chi connectivity index (χ0v) is 12.2. The van der Waals surface area contributed by atoms with E-state index in [0.717, 1.165) is 34.4 Å². The molecule has 3 heterocycles. The maximum atomic E-state index is 9.41. The summed E-state index contributed by atoms with van der Waals surface area (Å²) >= 11 is 0. The van der Waals surface area contributed by atoms with Gasteiger partial charge in [0.05, 0.1) is 17.7 Å². The van der Waals surface area contributed by atoms with Gasteiger partial charge in [0.15, 0.2) is 0 Å². The molecule has 114 valence electrons. The number of nitrogen functional groups attached to an aromatic ring is 1. The van der Waals surface area contributed by atoms with Gasteiger partial charge in [-0.3, -0.25) is 0 Å². The van der Waals surface area contributed by atoms with Crippen molar-refractivity contribution in [3.05, 3.63) is 30.7 Å². The number of pyridine rings is 1. The lowest BCUT2D eigenvalue weighted by Gasteiger charge is -2.16. The smallest absolute Gasteiger partial charge is 0.220 e. The molecule has 0 aliphatic rings. The Morgan fingerprint density at radius 2 is 2.14 bits per heavy atom. The molecule has 3 aromatic heterocycles. The van der Waals surface area contributed by atoms with Crippen LogP contribution in [0.5, 0.6) is 0 Å². The summed E-state index contributed by atoms with van der Waals surface area (Å²) in [6.45, 7) is 2.09. The maximum absolute atomic E-state index is 9.41. The molecule has 0 bridgehead atoms. The number of nitrogens with two attached hydrogens (primary N) is 1. The number of aliphatic hydroxyl groups excluding tert-OH is 1. The molecule has 0 radical (unpaired) electrons. The normalized spacial score (nSPS) is 12.5. The number of aromatic nitrogens is 4. The number of nitrogens with one attached hydrogen (secondary N) is 2. The summed E-state index contributed by atoms with van der Waals surface area (Å²) in [6.07, 6.45) is 6.02. The van der Waals surface area contributed by atoms with E-state index in [1.165, 1.54) is 0 Å². The Bertz CT molecular complexity index is 781. The molecule has 0 aliphatic heterocycles. The third-order valence-corrected chi connectivity index (χ3v) is 3.60. The second-order valence-electron chi connectivity index (χ2n) is 5.02. The standard InChI is InChI=1S/C15H18N6O/c1-2-9(8-22)20-12-4-5-17-14-13(12)10(7-19-14)11-3-6-18-15(16)21-11/h3-7,9,22H,2,8H2,1H3,(H2,16,18,21)(H2,17,19,20)/t9-/m0/s1. The van der Waals surface area contributed by atoms with E-state index in [1.54, 1.807) is 18.5 Å². The highest BCUT2D eigenvalue weighted by molar-refractivity contribution is 6.01. The number of hydrogen-bond donors (Lipinski definition) is 4. The first-order chi connectivity index (χ1) is 10.7. The molecule has 0 fully saturated rings. The van der Waals surface area contributed by atoms with Crippen molar-refractivity contribution < 1.29 is 5.11 Å². The lowest BCUT2D eigenvalue weighted by Crippen LogP contribution is -2.22. The molecule has 0 saturated heterocycles. The molecule has 0 aromatic carbocycles. The zero-order valence-electron chi connectivity index (χ0n) is 12.2. The topological polar surface area (TPSA) is 113 Å². The molecular formula is C15H18N6O. The Kier molecular flexibility index (Phi) is 3.88. The number of anilines is 2. The van der Waals surface area contributed by atoms with Crippen molar-refractivity contribution >= 4 is 22.7 Å². The molecule has 0 unspecified atom stereocenters. The van der Waals surface area contributed by atoms with Crippen molar-refractivity contribution in [1.82, 2.24) is 19.9 Å². The van der Waals surface area contributed by atoms with Gasteiger partial charge in [0.1, 0.15) is 5.65 Å². The predicted octanol–water partition coefficient (Wildman–Crippen LogP) is 1.78. The monoisotopic (exact) mass is 298 g/mol. The SMILES string of the molecule is CC[C@@H](CO)Nc1ccnc2[nH]cc(-c3ccnc(N)n3)c12. The first kappa shape index (κ1) is 14.3. The molecule has 1 atom stereocenters. The van der Waals surface area contributed by atoms with Gasteiger partial charge in [0.25, 0.3) is 0 Å². The average Bonchev–Trinajstić information content (AvgIpc) is 2.97. The number of aromatic amines is 1. The van der Waals surface area contributed by atoms with E-state index in [4.69, 9.17) is 5.73 Å². The van der Waals surface area contributed by atoms with Crippen LogP contribution in [0.3, 0.4) is 0 Å². The minimum Gasteiger partial charge on any atom is -0.394 e. The van der Waals surface area contributed by atoms with Crippen LogP contribution < -0.4 is 11.1 Å². The molecule has 7 nitrogen and oxygen atoms in total. The fourth-order valence-corrected chi connectivity index (χ4v) is 2.40. The van der Waals surface area contributed by atoms with Crippen molar-refractivity contribution in [3.8, 4) is 11.3 Å². The van der Waals surface area contributed by atoms with Gasteiger partial charge < -0.3 is 21.1 Å². The van der Waals surface area contributed by atoms with E-state index in [1.807, 2.05) is 19.2 Å². The van der Waals surface area contributed by atoms with Crippen molar-refractivity contribution in [3.63, 3.8) is 0 Å². The molecule has 5 N–H and O–H groups in total. The van der Waals surface area contributed by atoms with Crippen LogP contribution in [0.15, 0.2) is 30.7 Å². The molecule has 3 rings (SSSR count). The number of hydrogen-bond acceptors (Lipinski definition) is 6. The molecule has 0 saturated carbocycles. The average molecular weight is 298 g/mol. The third kappa shape index (κ3) is 2.58. The van der Waals surface area contributed by atoms with Crippen LogP contribution in [0.4, 0.5) is 11.6 Å². The van der Waals surface area contributed by atoms with E-state index in [9.17, 15) is 5.11 Å². The summed E-state index contributed by atoms with van der Waals surface area (Å²) in [5.74, 6) is 0.229. The second-order valence-corrected chi connectivity index (χ2v) is 5.02. The van der Waals surface area contributed by atoms with Gasteiger partial charge in [0.2, 0.25) is 5.95 Å². The Labute approximate surface area is 127 Å². The van der Waals surface area contributed by atoms with E-state index in [2.05, 4.69) is 25.3 Å². The number of rotatable bonds is 5. The summed E-state index contributed by atoms with van der Waals surface area (Å²) in [5.41, 5.74) is 8.96. The fourth-order valence-electron chi connectivity index (χ4n) is 2.40. The van der Waals surface area contributed by atoms with Crippen LogP contribution in [0, 0.1) is 0 Å². The first-order valence-corrected chi connectivity index (χ1v) is 7.15. The van der Waals surface area contributed by atoms with Gasteiger partial charge in [-0.2, -0.15) is 0 Å². The summed E-state index contributed by atoms with van der Waals surface area (Å²) < 4.78 is 0. The second kappa shape index (κ2) is 5.98. The van der Waals surface area contributed by atoms with Crippen molar-refractivity contribution in [1.29, 1.82) is 0 Å². The first-order valence-electron chi connectivity index (χ1n) is 7.15. The van der Waals surface area contributed by atoms with Gasteiger partial charge >= 0.3 is 0 Å². The Balaban J connectivity index is 2.12. The van der Waals surface area contributed by atoms with Crippen LogP contribution in [-0.2, 0) is 0 Å². The molecule has 22 heavy (non-hydrogen) atoms. The van der Waals surface area contributed by atoms with Crippen molar-refractivity contribution in [2.75, 3.05) is 17.7 Å². The lowest BCUT2D eigenvalue weighted by atomic mass is 10.1. The van der Waals surface area contributed by atoms with Crippen molar-refractivity contribution in [2.45, 2.75) is 19.4 Å². The van der Waals surface area contributed by atoms with Gasteiger partial charge in [0, 0.05) is 35.9 Å². The zero-order chi connectivity index (χ0) is 15.5. The van der Waals surface area contributed by atoms with Crippen LogP contribution in [0.1, 0.15) is 13.3 Å². The summed E-state index contributed by atoms with van der Waals surface area (Å²) in [6, 6.07) is 3.69. The Hall–Kier alpha value is -2.67. The third-order valence-electron chi connectivity index (χ3n) is 3.60. The van der Waals surface area contributed by atoms with E-state index < -0.39 is 0 Å². The molecule has 0 aliphatic carbocycles. The van der Waals surface area contributed by atoms with E-state index in [0.29, 0.717) is 0 Å². The van der Waals surface area contributed by atoms with E-state index in [-0.39, 0.29) is 18.6 Å². The lowest BCUT2D eigenvalue weighted by molar-refractivity contribution is 0.272. The number of H-pyrrole nitrogens is 1. The number of fused-ring (bicyclic) bond motifs is 1. The van der Waals surface area contributed by atoms with Gasteiger partial charge in [-0.1, -0.05) is 6.92 Å². The van der Waals surface area contributed by atoms with Gasteiger partial charge in [-0.05, 0) is 18.6 Å².